The molecule has 0 unspecified atom stereocenters. The molecular weight excluding hydrogens is 92.1 g/mol. The minimum atomic E-state index is -1.76. The Balaban J connectivity index is 3.17. The summed E-state index contributed by atoms with van der Waals surface area (Å²) in [6, 6.07) is 1.88. The molecule has 0 aliphatic heterocycles. The van der Waals surface area contributed by atoms with Crippen LogP contribution in [0.2, 0.25) is 13.1 Å². The van der Waals surface area contributed by atoms with Crippen LogP contribution in [-0.2, 0) is 0 Å². The van der Waals surface area contributed by atoms with E-state index in [2.05, 4.69) is 0 Å². The third-order valence-electron chi connectivity index (χ3n) is 0.706. The standard InChI is InChI=1S/C4H11OSi/c1-4-6(2,3)5/h4-5H,1-3H3. The van der Waals surface area contributed by atoms with Gasteiger partial charge in [-0.15, -0.1) is 0 Å². The van der Waals surface area contributed by atoms with Gasteiger partial charge in [-0.05, 0) is 19.1 Å². The van der Waals surface area contributed by atoms with E-state index in [9.17, 15) is 0 Å². The van der Waals surface area contributed by atoms with Crippen LogP contribution in [0.15, 0.2) is 0 Å². The molecule has 1 radical (unpaired) electrons. The van der Waals surface area contributed by atoms with Crippen molar-refractivity contribution in [2.75, 3.05) is 0 Å². The van der Waals surface area contributed by atoms with Crippen molar-refractivity contribution in [2.24, 2.45) is 0 Å². The van der Waals surface area contributed by atoms with E-state index in [1.165, 1.54) is 0 Å². The molecule has 0 rings (SSSR count). The summed E-state index contributed by atoms with van der Waals surface area (Å²) in [6.07, 6.45) is 0. The van der Waals surface area contributed by atoms with Crippen LogP contribution in [0.25, 0.3) is 0 Å². The molecule has 0 spiro atoms. The van der Waals surface area contributed by atoms with E-state index in [1.54, 1.807) is 0 Å². The third kappa shape index (κ3) is 4.18. The minimum Gasteiger partial charge on any atom is -0.432 e. The first-order valence-electron chi connectivity index (χ1n) is 2.09. The number of rotatable bonds is 1. The highest BCUT2D eigenvalue weighted by molar-refractivity contribution is 6.73. The average Bonchev–Trinajstić information content (AvgIpc) is 1.35. The summed E-state index contributed by atoms with van der Waals surface area (Å²) in [6.45, 7) is 5.66. The molecule has 0 saturated carbocycles. The predicted octanol–water partition coefficient (Wildman–Crippen LogP) is 0.947. The maximum absolute atomic E-state index is 8.91. The van der Waals surface area contributed by atoms with Gasteiger partial charge < -0.3 is 4.80 Å². The van der Waals surface area contributed by atoms with Gasteiger partial charge in [-0.1, -0.05) is 6.92 Å². The second-order valence-corrected chi connectivity index (χ2v) is 5.83. The van der Waals surface area contributed by atoms with Crippen LogP contribution in [0.1, 0.15) is 6.92 Å². The van der Waals surface area contributed by atoms with Gasteiger partial charge in [-0.25, -0.2) is 0 Å². The Morgan fingerprint density at radius 1 is 1.50 bits per heavy atom. The first-order chi connectivity index (χ1) is 2.56. The highest BCUT2D eigenvalue weighted by Gasteiger charge is 2.11. The monoisotopic (exact) mass is 103 g/mol. The van der Waals surface area contributed by atoms with Gasteiger partial charge in [-0.3, -0.25) is 0 Å². The molecule has 0 aromatic rings. The quantitative estimate of drug-likeness (QED) is 0.490. The highest BCUT2D eigenvalue weighted by Crippen LogP contribution is 1.96. The van der Waals surface area contributed by atoms with E-state index >= 15 is 0 Å². The van der Waals surface area contributed by atoms with Crippen LogP contribution in [0, 0.1) is 6.04 Å². The van der Waals surface area contributed by atoms with Crippen molar-refractivity contribution in [1.82, 2.24) is 0 Å². The van der Waals surface area contributed by atoms with Crippen molar-refractivity contribution in [3.63, 3.8) is 0 Å². The summed E-state index contributed by atoms with van der Waals surface area (Å²) in [5.41, 5.74) is 0. The molecule has 2 heteroatoms. The molecule has 0 aliphatic rings. The van der Waals surface area contributed by atoms with Crippen LogP contribution in [0.5, 0.6) is 0 Å². The molecule has 0 aromatic heterocycles. The zero-order chi connectivity index (χ0) is 5.21. The lowest BCUT2D eigenvalue weighted by molar-refractivity contribution is 0.561. The summed E-state index contributed by atoms with van der Waals surface area (Å²) in [5, 5.41) is 0. The van der Waals surface area contributed by atoms with Crippen molar-refractivity contribution in [1.29, 1.82) is 0 Å². The Labute approximate surface area is 40.1 Å². The zero-order valence-electron chi connectivity index (χ0n) is 4.52. The second kappa shape index (κ2) is 1.75. The molecule has 0 fully saturated rings. The van der Waals surface area contributed by atoms with E-state index in [-0.39, 0.29) is 0 Å². The van der Waals surface area contributed by atoms with Gasteiger partial charge in [0.25, 0.3) is 0 Å². The molecule has 6 heavy (non-hydrogen) atoms. The Hall–Kier alpha value is 0.177. The Morgan fingerprint density at radius 3 is 1.67 bits per heavy atom. The van der Waals surface area contributed by atoms with E-state index in [0.29, 0.717) is 0 Å². The second-order valence-electron chi connectivity index (χ2n) is 1.94. The first-order valence-corrected chi connectivity index (χ1v) is 5.11. The third-order valence-corrected chi connectivity index (χ3v) is 2.12. The van der Waals surface area contributed by atoms with Gasteiger partial charge in [-0.2, -0.15) is 0 Å². The largest absolute Gasteiger partial charge is 0.432 e. The molecule has 0 heterocycles. The van der Waals surface area contributed by atoms with E-state index in [1.807, 2.05) is 26.1 Å². The number of hydrogen-bond donors (Lipinski definition) is 1. The van der Waals surface area contributed by atoms with Crippen molar-refractivity contribution in [3.05, 3.63) is 6.04 Å². The fraction of sp³-hybridized carbons (Fsp3) is 0.750. The summed E-state index contributed by atoms with van der Waals surface area (Å²) < 4.78 is 0. The summed E-state index contributed by atoms with van der Waals surface area (Å²) in [7, 11) is -1.76. The zero-order valence-corrected chi connectivity index (χ0v) is 5.52. The van der Waals surface area contributed by atoms with Gasteiger partial charge in [0.05, 0.1) is 0 Å². The SMILES string of the molecule is C[CH][Si](C)(C)O. The van der Waals surface area contributed by atoms with Crippen LogP contribution < -0.4 is 0 Å². The molecule has 1 nitrogen and oxygen atoms in total. The minimum absolute atomic E-state index is 1.76. The lowest BCUT2D eigenvalue weighted by Gasteiger charge is -2.06. The first kappa shape index (κ1) is 6.18. The molecule has 0 aromatic carbocycles. The van der Waals surface area contributed by atoms with E-state index < -0.39 is 8.32 Å². The van der Waals surface area contributed by atoms with Crippen LogP contribution in [0.3, 0.4) is 0 Å². The molecule has 0 saturated heterocycles. The van der Waals surface area contributed by atoms with Gasteiger partial charge in [0.1, 0.15) is 0 Å². The summed E-state index contributed by atoms with van der Waals surface area (Å²) in [4.78, 5) is 8.91. The van der Waals surface area contributed by atoms with Gasteiger partial charge >= 0.3 is 0 Å². The lowest BCUT2D eigenvalue weighted by atomic mass is 11.0. The molecule has 0 bridgehead atoms. The Kier molecular flexibility index (Phi) is 1.81. The van der Waals surface area contributed by atoms with Gasteiger partial charge in [0.2, 0.25) is 0 Å². The van der Waals surface area contributed by atoms with E-state index in [0.717, 1.165) is 0 Å². The fourth-order valence-electron chi connectivity index (χ4n) is 0. The van der Waals surface area contributed by atoms with Crippen molar-refractivity contribution in [2.45, 2.75) is 20.0 Å². The smallest absolute Gasteiger partial charge is 0.185 e. The average molecular weight is 103 g/mol. The molecule has 0 atom stereocenters. The molecule has 1 N–H and O–H groups in total. The van der Waals surface area contributed by atoms with Crippen LogP contribution in [-0.4, -0.2) is 13.1 Å². The molecule has 0 amide bonds. The van der Waals surface area contributed by atoms with Crippen LogP contribution >= 0.6 is 0 Å². The summed E-state index contributed by atoms with van der Waals surface area (Å²) in [5.74, 6) is 0. The van der Waals surface area contributed by atoms with E-state index in [4.69, 9.17) is 4.80 Å². The normalized spacial score (nSPS) is 12.0. The van der Waals surface area contributed by atoms with Crippen molar-refractivity contribution >= 4 is 8.32 Å². The van der Waals surface area contributed by atoms with Gasteiger partial charge in [0.15, 0.2) is 8.32 Å². The van der Waals surface area contributed by atoms with Crippen LogP contribution in [0.4, 0.5) is 0 Å². The molecule has 0 aliphatic carbocycles. The Morgan fingerprint density at radius 2 is 1.67 bits per heavy atom. The van der Waals surface area contributed by atoms with Gasteiger partial charge in [0, 0.05) is 0 Å². The molecule has 37 valence electrons. The maximum Gasteiger partial charge on any atom is 0.185 e. The fourth-order valence-corrected chi connectivity index (χ4v) is 0. The maximum atomic E-state index is 8.91. The molecular formula is C4H11OSi. The van der Waals surface area contributed by atoms with Crippen molar-refractivity contribution in [3.8, 4) is 0 Å². The lowest BCUT2D eigenvalue weighted by Crippen LogP contribution is -2.24. The predicted molar refractivity (Wildman–Crippen MR) is 29.7 cm³/mol. The highest BCUT2D eigenvalue weighted by atomic mass is 28.4. The van der Waals surface area contributed by atoms with Crippen molar-refractivity contribution < 1.29 is 4.80 Å². The topological polar surface area (TPSA) is 20.2 Å². The number of hydrogen-bond acceptors (Lipinski definition) is 1. The summed E-state index contributed by atoms with van der Waals surface area (Å²) >= 11 is 0. The Bertz CT molecular complexity index is 37.3.